The molecule has 0 radical (unpaired) electrons. The van der Waals surface area contributed by atoms with E-state index in [2.05, 4.69) is 0 Å². The van der Waals surface area contributed by atoms with E-state index in [1.54, 1.807) is 0 Å². The van der Waals surface area contributed by atoms with Gasteiger partial charge in [-0.05, 0) is 12.8 Å². The Morgan fingerprint density at radius 2 is 2.38 bits per heavy atom. The van der Waals surface area contributed by atoms with Crippen LogP contribution in [0, 0.1) is 0 Å². The third-order valence-corrected chi connectivity index (χ3v) is 1.64. The number of hydrogen-bond acceptors (Lipinski definition) is 2. The van der Waals surface area contributed by atoms with Crippen LogP contribution < -0.4 is 0 Å². The number of alkyl halides is 1. The molecule has 0 amide bonds. The highest BCUT2D eigenvalue weighted by molar-refractivity contribution is 6.20. The molecular weight excluding hydrogens is 128 g/mol. The molecule has 0 unspecified atom stereocenters. The number of ether oxygens (including phenoxy) is 1. The first-order chi connectivity index (χ1) is 3.80. The Hall–Kier alpha value is 0.210. The molecule has 8 heavy (non-hydrogen) atoms. The summed E-state index contributed by atoms with van der Waals surface area (Å²) in [5.41, 5.74) is -0.469. The largest absolute Gasteiger partial charge is 0.389 e. The van der Waals surface area contributed by atoms with Gasteiger partial charge < -0.3 is 9.84 Å². The smallest absolute Gasteiger partial charge is 0.156 e. The summed E-state index contributed by atoms with van der Waals surface area (Å²) >= 11 is 5.49. The van der Waals surface area contributed by atoms with Gasteiger partial charge in [0.25, 0.3) is 0 Å². The standard InChI is InChI=1S/C5H9ClO2/c6-5-4(7)2-1-3-8-5/h4-5,7H,1-3H2/t4-,5-/m0/s1. The van der Waals surface area contributed by atoms with Crippen molar-refractivity contribution in [2.24, 2.45) is 0 Å². The van der Waals surface area contributed by atoms with E-state index in [1.165, 1.54) is 0 Å². The third-order valence-electron chi connectivity index (χ3n) is 1.22. The molecule has 0 saturated carbocycles. The van der Waals surface area contributed by atoms with Crippen molar-refractivity contribution >= 4 is 11.6 Å². The molecular formula is C5H9ClO2. The molecule has 1 fully saturated rings. The lowest BCUT2D eigenvalue weighted by Gasteiger charge is -2.22. The zero-order valence-electron chi connectivity index (χ0n) is 4.51. The van der Waals surface area contributed by atoms with Crippen LogP contribution in [0.3, 0.4) is 0 Å². The Balaban J connectivity index is 2.28. The monoisotopic (exact) mass is 136 g/mol. The van der Waals surface area contributed by atoms with Gasteiger partial charge in [0.05, 0.1) is 6.10 Å². The van der Waals surface area contributed by atoms with Crippen LogP contribution in [0.4, 0.5) is 0 Å². The summed E-state index contributed by atoms with van der Waals surface area (Å²) in [5.74, 6) is 0. The second kappa shape index (κ2) is 2.67. The lowest BCUT2D eigenvalue weighted by molar-refractivity contribution is -0.0304. The van der Waals surface area contributed by atoms with Crippen molar-refractivity contribution in [3.63, 3.8) is 0 Å². The van der Waals surface area contributed by atoms with Gasteiger partial charge in [-0.3, -0.25) is 0 Å². The molecule has 0 bridgehead atoms. The summed E-state index contributed by atoms with van der Waals surface area (Å²) in [6.07, 6.45) is 1.24. The van der Waals surface area contributed by atoms with Crippen molar-refractivity contribution in [3.05, 3.63) is 0 Å². The maximum Gasteiger partial charge on any atom is 0.156 e. The molecule has 1 heterocycles. The van der Waals surface area contributed by atoms with E-state index in [1.807, 2.05) is 0 Å². The van der Waals surface area contributed by atoms with Gasteiger partial charge in [0.15, 0.2) is 5.56 Å². The molecule has 0 aromatic carbocycles. The van der Waals surface area contributed by atoms with Crippen molar-refractivity contribution in [1.82, 2.24) is 0 Å². The summed E-state index contributed by atoms with van der Waals surface area (Å²) in [5, 5.41) is 8.92. The van der Waals surface area contributed by atoms with Crippen LogP contribution in [0.5, 0.6) is 0 Å². The second-order valence-corrected chi connectivity index (χ2v) is 2.36. The van der Waals surface area contributed by atoms with E-state index < -0.39 is 11.7 Å². The number of aliphatic hydroxyl groups excluding tert-OH is 1. The molecule has 1 saturated heterocycles. The van der Waals surface area contributed by atoms with Crippen molar-refractivity contribution in [2.75, 3.05) is 6.61 Å². The lowest BCUT2D eigenvalue weighted by Crippen LogP contribution is -2.28. The predicted octanol–water partition coefficient (Wildman–Crippen LogP) is 0.723. The first-order valence-corrected chi connectivity index (χ1v) is 3.18. The minimum atomic E-state index is -0.469. The van der Waals surface area contributed by atoms with Gasteiger partial charge in [-0.2, -0.15) is 0 Å². The minimum Gasteiger partial charge on any atom is -0.389 e. The Labute approximate surface area is 53.4 Å². The Morgan fingerprint density at radius 1 is 1.62 bits per heavy atom. The predicted molar refractivity (Wildman–Crippen MR) is 30.8 cm³/mol. The van der Waals surface area contributed by atoms with Gasteiger partial charge in [-0.25, -0.2) is 0 Å². The quantitative estimate of drug-likeness (QED) is 0.498. The van der Waals surface area contributed by atoms with Gasteiger partial charge in [0.2, 0.25) is 0 Å². The second-order valence-electron chi connectivity index (χ2n) is 1.93. The molecule has 3 heteroatoms. The van der Waals surface area contributed by atoms with E-state index >= 15 is 0 Å². The van der Waals surface area contributed by atoms with Crippen molar-refractivity contribution in [2.45, 2.75) is 24.5 Å². The molecule has 1 rings (SSSR count). The SMILES string of the molecule is O[C@H]1CCCO[C@@H]1Cl. The highest BCUT2D eigenvalue weighted by atomic mass is 35.5. The zero-order valence-corrected chi connectivity index (χ0v) is 5.27. The van der Waals surface area contributed by atoms with Crippen LogP contribution >= 0.6 is 11.6 Å². The van der Waals surface area contributed by atoms with Gasteiger partial charge in [-0.15, -0.1) is 0 Å². The van der Waals surface area contributed by atoms with E-state index in [0.29, 0.717) is 6.61 Å². The Bertz CT molecular complexity index is 66.8. The number of aliphatic hydroxyl groups is 1. The normalized spacial score (nSPS) is 39.8. The van der Waals surface area contributed by atoms with Crippen LogP contribution in [0.25, 0.3) is 0 Å². The third kappa shape index (κ3) is 1.34. The van der Waals surface area contributed by atoms with Gasteiger partial charge in [-0.1, -0.05) is 11.6 Å². The molecule has 48 valence electrons. The molecule has 1 aliphatic heterocycles. The van der Waals surface area contributed by atoms with Gasteiger partial charge in [0.1, 0.15) is 0 Å². The highest BCUT2D eigenvalue weighted by Crippen LogP contribution is 2.15. The van der Waals surface area contributed by atoms with E-state index in [0.717, 1.165) is 12.8 Å². The summed E-state index contributed by atoms with van der Waals surface area (Å²) in [6.45, 7) is 0.686. The maximum absolute atomic E-state index is 8.92. The van der Waals surface area contributed by atoms with E-state index in [4.69, 9.17) is 21.4 Å². The molecule has 0 aliphatic carbocycles. The van der Waals surface area contributed by atoms with E-state index in [-0.39, 0.29) is 0 Å². The molecule has 0 aromatic heterocycles. The summed E-state index contributed by atoms with van der Waals surface area (Å²) in [7, 11) is 0. The molecule has 1 N–H and O–H groups in total. The van der Waals surface area contributed by atoms with Gasteiger partial charge >= 0.3 is 0 Å². The summed E-state index contributed by atoms with van der Waals surface area (Å²) in [6, 6.07) is 0. The Kier molecular flexibility index (Phi) is 2.11. The van der Waals surface area contributed by atoms with Gasteiger partial charge in [0, 0.05) is 6.61 Å². The molecule has 2 atom stereocenters. The first-order valence-electron chi connectivity index (χ1n) is 2.74. The molecule has 0 aromatic rings. The topological polar surface area (TPSA) is 29.5 Å². The fraction of sp³-hybridized carbons (Fsp3) is 1.00. The van der Waals surface area contributed by atoms with Crippen LogP contribution in [0.2, 0.25) is 0 Å². The zero-order chi connectivity index (χ0) is 5.98. The van der Waals surface area contributed by atoms with E-state index in [9.17, 15) is 0 Å². The van der Waals surface area contributed by atoms with Crippen LogP contribution in [0.1, 0.15) is 12.8 Å². The minimum absolute atomic E-state index is 0.453. The maximum atomic E-state index is 8.92. The summed E-state index contributed by atoms with van der Waals surface area (Å²) in [4.78, 5) is 0. The Morgan fingerprint density at radius 3 is 2.75 bits per heavy atom. The van der Waals surface area contributed by atoms with Crippen molar-refractivity contribution in [3.8, 4) is 0 Å². The molecule has 1 aliphatic rings. The van der Waals surface area contributed by atoms with Crippen LogP contribution in [-0.4, -0.2) is 23.4 Å². The molecule has 0 spiro atoms. The highest BCUT2D eigenvalue weighted by Gasteiger charge is 2.20. The number of halogens is 1. The van der Waals surface area contributed by atoms with Crippen LogP contribution in [-0.2, 0) is 4.74 Å². The molecule has 2 nitrogen and oxygen atoms in total. The number of rotatable bonds is 0. The lowest BCUT2D eigenvalue weighted by atomic mass is 10.2. The fourth-order valence-electron chi connectivity index (χ4n) is 0.730. The first kappa shape index (κ1) is 6.33. The van der Waals surface area contributed by atoms with Crippen molar-refractivity contribution < 1.29 is 9.84 Å². The van der Waals surface area contributed by atoms with Crippen LogP contribution in [0.15, 0.2) is 0 Å². The summed E-state index contributed by atoms with van der Waals surface area (Å²) < 4.78 is 4.91. The number of hydrogen-bond donors (Lipinski definition) is 1. The van der Waals surface area contributed by atoms with Crippen molar-refractivity contribution in [1.29, 1.82) is 0 Å². The fourth-order valence-corrected chi connectivity index (χ4v) is 0.946. The average Bonchev–Trinajstić information content (AvgIpc) is 1.77. The average molecular weight is 137 g/mol.